The first-order valence-corrected chi connectivity index (χ1v) is 6.65. The minimum atomic E-state index is -0.887. The van der Waals surface area contributed by atoms with Gasteiger partial charge in [0, 0.05) is 17.5 Å². The van der Waals surface area contributed by atoms with Crippen LogP contribution < -0.4 is 5.32 Å². The van der Waals surface area contributed by atoms with Gasteiger partial charge in [0.05, 0.1) is 5.56 Å². The van der Waals surface area contributed by atoms with E-state index in [4.69, 9.17) is 5.11 Å². The monoisotopic (exact) mass is 239 g/mol. The lowest BCUT2D eigenvalue weighted by Crippen LogP contribution is -2.21. The first-order chi connectivity index (χ1) is 7.67. The van der Waals surface area contributed by atoms with Crippen molar-refractivity contribution in [2.24, 2.45) is 0 Å². The Bertz CT molecular complexity index is 355. The number of nitrogens with one attached hydrogen (secondary N) is 1. The number of hydrogen-bond donors (Lipinski definition) is 2. The summed E-state index contributed by atoms with van der Waals surface area (Å²) >= 11 is 1.79. The maximum Gasteiger partial charge on any atom is 0.335 e. The number of carbonyl (C=O) groups is 1. The van der Waals surface area contributed by atoms with E-state index in [2.05, 4.69) is 18.5 Å². The minimum absolute atomic E-state index is 0.323. The second-order valence-corrected chi connectivity index (χ2v) is 4.50. The third kappa shape index (κ3) is 3.77. The third-order valence-corrected chi connectivity index (χ3v) is 3.08. The van der Waals surface area contributed by atoms with Crippen molar-refractivity contribution in [1.82, 2.24) is 0 Å². The van der Waals surface area contributed by atoms with Crippen LogP contribution in [-0.4, -0.2) is 29.1 Å². The van der Waals surface area contributed by atoms with Crippen molar-refractivity contribution < 1.29 is 9.90 Å². The second kappa shape index (κ2) is 6.43. The summed E-state index contributed by atoms with van der Waals surface area (Å²) in [7, 11) is 0. The highest BCUT2D eigenvalue weighted by Gasteiger charge is 2.07. The number of hydrogen-bond acceptors (Lipinski definition) is 3. The van der Waals surface area contributed by atoms with Crippen LogP contribution in [0.25, 0.3) is 0 Å². The molecule has 0 aliphatic carbocycles. The largest absolute Gasteiger partial charge is 0.478 e. The molecule has 0 fully saturated rings. The Morgan fingerprint density at radius 1 is 1.56 bits per heavy atom. The molecule has 0 saturated heterocycles. The molecule has 16 heavy (non-hydrogen) atoms. The van der Waals surface area contributed by atoms with Crippen molar-refractivity contribution in [3.63, 3.8) is 0 Å². The highest BCUT2D eigenvalue weighted by atomic mass is 32.2. The van der Waals surface area contributed by atoms with Crippen molar-refractivity contribution in [3.8, 4) is 0 Å². The van der Waals surface area contributed by atoms with E-state index in [0.717, 1.165) is 17.9 Å². The number of anilines is 1. The zero-order valence-corrected chi connectivity index (χ0v) is 10.4. The van der Waals surface area contributed by atoms with E-state index in [0.29, 0.717) is 11.6 Å². The van der Waals surface area contributed by atoms with Gasteiger partial charge in [-0.2, -0.15) is 11.8 Å². The van der Waals surface area contributed by atoms with Crippen LogP contribution in [0.2, 0.25) is 0 Å². The molecule has 0 radical (unpaired) electrons. The number of thioether (sulfide) groups is 1. The van der Waals surface area contributed by atoms with E-state index in [1.54, 1.807) is 30.0 Å². The molecule has 88 valence electrons. The molecule has 1 rings (SSSR count). The molecule has 1 atom stereocenters. The van der Waals surface area contributed by atoms with Gasteiger partial charge in [-0.3, -0.25) is 0 Å². The first kappa shape index (κ1) is 12.9. The molecule has 2 N–H and O–H groups in total. The molecule has 0 aromatic heterocycles. The van der Waals surface area contributed by atoms with E-state index < -0.39 is 5.97 Å². The zero-order chi connectivity index (χ0) is 12.0. The average Bonchev–Trinajstić information content (AvgIpc) is 2.29. The first-order valence-electron chi connectivity index (χ1n) is 5.26. The highest BCUT2D eigenvalue weighted by molar-refractivity contribution is 7.98. The predicted octanol–water partition coefficient (Wildman–Crippen LogP) is 2.94. The SMILES string of the molecule is CCC(CSC)Nc1cccc(C(=O)O)c1. The summed E-state index contributed by atoms with van der Waals surface area (Å²) in [5.74, 6) is 0.134. The number of carboxylic acid groups (broad SMARTS) is 1. The fourth-order valence-corrected chi connectivity index (χ4v) is 2.16. The predicted molar refractivity (Wildman–Crippen MR) is 69.5 cm³/mol. The van der Waals surface area contributed by atoms with E-state index in [9.17, 15) is 4.79 Å². The van der Waals surface area contributed by atoms with Crippen LogP contribution in [0, 0.1) is 0 Å². The summed E-state index contributed by atoms with van der Waals surface area (Å²) in [6.45, 7) is 2.12. The Morgan fingerprint density at radius 3 is 2.88 bits per heavy atom. The topological polar surface area (TPSA) is 49.3 Å². The number of carboxylic acids is 1. The molecule has 4 heteroatoms. The number of aromatic carboxylic acids is 1. The zero-order valence-electron chi connectivity index (χ0n) is 9.56. The maximum absolute atomic E-state index is 10.8. The van der Waals surface area contributed by atoms with Gasteiger partial charge >= 0.3 is 5.97 Å². The molecule has 1 unspecified atom stereocenters. The van der Waals surface area contributed by atoms with Gasteiger partial charge in [-0.25, -0.2) is 4.79 Å². The van der Waals surface area contributed by atoms with Gasteiger partial charge in [-0.1, -0.05) is 13.0 Å². The Balaban J connectivity index is 2.72. The van der Waals surface area contributed by atoms with E-state index in [-0.39, 0.29) is 0 Å². The molecule has 1 aromatic rings. The maximum atomic E-state index is 10.8. The van der Waals surface area contributed by atoms with Crippen molar-refractivity contribution >= 4 is 23.4 Å². The normalized spacial score (nSPS) is 12.1. The molecule has 0 spiro atoms. The van der Waals surface area contributed by atoms with Crippen LogP contribution in [0.5, 0.6) is 0 Å². The Labute approximate surface area is 100 Å². The van der Waals surface area contributed by atoms with Gasteiger partial charge in [0.15, 0.2) is 0 Å². The molecule has 0 amide bonds. The molecule has 0 bridgehead atoms. The molecule has 0 aliphatic heterocycles. The fraction of sp³-hybridized carbons (Fsp3) is 0.417. The summed E-state index contributed by atoms with van der Waals surface area (Å²) in [5.41, 5.74) is 1.20. The third-order valence-electron chi connectivity index (χ3n) is 2.34. The van der Waals surface area contributed by atoms with Crippen molar-refractivity contribution in [3.05, 3.63) is 29.8 Å². The van der Waals surface area contributed by atoms with Crippen LogP contribution in [0.1, 0.15) is 23.7 Å². The Morgan fingerprint density at radius 2 is 2.31 bits per heavy atom. The van der Waals surface area contributed by atoms with Crippen molar-refractivity contribution in [2.75, 3.05) is 17.3 Å². The van der Waals surface area contributed by atoms with Gasteiger partial charge in [0.2, 0.25) is 0 Å². The van der Waals surface area contributed by atoms with Crippen LogP contribution in [0.15, 0.2) is 24.3 Å². The second-order valence-electron chi connectivity index (χ2n) is 3.59. The lowest BCUT2D eigenvalue weighted by molar-refractivity contribution is 0.0697. The molecular weight excluding hydrogens is 222 g/mol. The lowest BCUT2D eigenvalue weighted by Gasteiger charge is -2.17. The molecule has 1 aromatic carbocycles. The summed E-state index contributed by atoms with van der Waals surface area (Å²) in [6.07, 6.45) is 3.09. The molecular formula is C12H17NO2S. The standard InChI is InChI=1S/C12H17NO2S/c1-3-10(8-16-2)13-11-6-4-5-9(7-11)12(14)15/h4-7,10,13H,3,8H2,1-2H3,(H,14,15). The van der Waals surface area contributed by atoms with Gasteiger partial charge in [0.1, 0.15) is 0 Å². The van der Waals surface area contributed by atoms with E-state index in [1.165, 1.54) is 0 Å². The molecule has 0 aliphatic rings. The summed E-state index contributed by atoms with van der Waals surface area (Å²) in [5, 5.41) is 12.2. The molecule has 3 nitrogen and oxygen atoms in total. The van der Waals surface area contributed by atoms with Crippen LogP contribution in [0.4, 0.5) is 5.69 Å². The Kier molecular flexibility index (Phi) is 5.19. The number of benzene rings is 1. The summed E-state index contributed by atoms with van der Waals surface area (Å²) in [6, 6.07) is 7.32. The van der Waals surface area contributed by atoms with Gasteiger partial charge in [0.25, 0.3) is 0 Å². The van der Waals surface area contributed by atoms with Gasteiger partial charge < -0.3 is 10.4 Å². The van der Waals surface area contributed by atoms with Crippen LogP contribution in [0.3, 0.4) is 0 Å². The van der Waals surface area contributed by atoms with Crippen molar-refractivity contribution in [2.45, 2.75) is 19.4 Å². The van der Waals surface area contributed by atoms with Crippen LogP contribution in [-0.2, 0) is 0 Å². The number of rotatable bonds is 6. The minimum Gasteiger partial charge on any atom is -0.478 e. The highest BCUT2D eigenvalue weighted by Crippen LogP contribution is 2.14. The smallest absolute Gasteiger partial charge is 0.335 e. The summed E-state index contributed by atoms with van der Waals surface area (Å²) in [4.78, 5) is 10.8. The van der Waals surface area contributed by atoms with Gasteiger partial charge in [-0.15, -0.1) is 0 Å². The summed E-state index contributed by atoms with van der Waals surface area (Å²) < 4.78 is 0. The lowest BCUT2D eigenvalue weighted by atomic mass is 10.2. The van der Waals surface area contributed by atoms with Crippen molar-refractivity contribution in [1.29, 1.82) is 0 Å². The van der Waals surface area contributed by atoms with Crippen LogP contribution >= 0.6 is 11.8 Å². The van der Waals surface area contributed by atoms with Gasteiger partial charge in [-0.05, 0) is 30.9 Å². The molecule has 0 saturated carbocycles. The van der Waals surface area contributed by atoms with E-state index >= 15 is 0 Å². The Hall–Kier alpha value is -1.16. The average molecular weight is 239 g/mol. The fourth-order valence-electron chi connectivity index (χ4n) is 1.44. The quantitative estimate of drug-likeness (QED) is 0.801. The molecule has 0 heterocycles. The van der Waals surface area contributed by atoms with E-state index in [1.807, 2.05) is 6.07 Å².